The molecule has 0 aromatic carbocycles. The van der Waals surface area contributed by atoms with Gasteiger partial charge in [0.1, 0.15) is 12.7 Å². The van der Waals surface area contributed by atoms with Crippen molar-refractivity contribution in [3.05, 3.63) is 24.3 Å². The molecule has 1 saturated heterocycles. The highest BCUT2D eigenvalue weighted by Gasteiger charge is 2.23. The molecule has 0 amide bonds. The van der Waals surface area contributed by atoms with Gasteiger partial charge in [-0.25, -0.2) is 0 Å². The van der Waals surface area contributed by atoms with Crippen molar-refractivity contribution in [1.82, 2.24) is 0 Å². The summed E-state index contributed by atoms with van der Waals surface area (Å²) in [6.45, 7) is 3.23. The zero-order valence-electron chi connectivity index (χ0n) is 16.4. The summed E-state index contributed by atoms with van der Waals surface area (Å²) in [6, 6.07) is 0. The molecular formula is C21H36O3. The third-order valence-corrected chi connectivity index (χ3v) is 4.03. The zero-order valence-corrected chi connectivity index (χ0v) is 15.4. The highest BCUT2D eigenvalue weighted by molar-refractivity contribution is 5.69. The van der Waals surface area contributed by atoms with E-state index in [1.165, 1.54) is 32.1 Å². The molecule has 3 heteroatoms. The van der Waals surface area contributed by atoms with Gasteiger partial charge in [-0.05, 0) is 38.5 Å². The lowest BCUT2D eigenvalue weighted by Gasteiger charge is -2.02. The number of hydrogen-bond acceptors (Lipinski definition) is 3. The van der Waals surface area contributed by atoms with Gasteiger partial charge in [-0.1, -0.05) is 63.3 Å². The molecule has 1 heterocycles. The summed E-state index contributed by atoms with van der Waals surface area (Å²) in [5.41, 5.74) is 0. The molecular weight excluding hydrogens is 300 g/mol. The quantitative estimate of drug-likeness (QED) is 0.156. The van der Waals surface area contributed by atoms with Gasteiger partial charge >= 0.3 is 5.97 Å². The van der Waals surface area contributed by atoms with E-state index in [0.29, 0.717) is 19.6 Å². The Morgan fingerprint density at radius 1 is 1.04 bits per heavy atom. The van der Waals surface area contributed by atoms with Crippen LogP contribution in [0.3, 0.4) is 0 Å². The third kappa shape index (κ3) is 14.5. The predicted octanol–water partition coefficient (Wildman–Crippen LogP) is 5.74. The second-order valence-electron chi connectivity index (χ2n) is 6.46. The van der Waals surface area contributed by atoms with E-state index in [9.17, 15) is 4.79 Å². The summed E-state index contributed by atoms with van der Waals surface area (Å²) in [4.78, 5) is 11.6. The molecule has 2 unspecified atom stereocenters. The van der Waals surface area contributed by atoms with Crippen molar-refractivity contribution < 1.29 is 15.6 Å². The van der Waals surface area contributed by atoms with Gasteiger partial charge in [-0.15, -0.1) is 0 Å². The number of ether oxygens (including phenoxy) is 2. The minimum atomic E-state index is -0.734. The van der Waals surface area contributed by atoms with E-state index in [-0.39, 0.29) is 6.10 Å². The van der Waals surface area contributed by atoms with Crippen LogP contribution in [0, 0.1) is 0 Å². The topological polar surface area (TPSA) is 38.8 Å². The van der Waals surface area contributed by atoms with Gasteiger partial charge in [0.15, 0.2) is 0 Å². The van der Waals surface area contributed by atoms with E-state index in [2.05, 4.69) is 31.2 Å². The largest absolute Gasteiger partial charge is 0.463 e. The average Bonchev–Trinajstić information content (AvgIpc) is 3.44. The minimum absolute atomic E-state index is 0.0840. The van der Waals surface area contributed by atoms with Crippen LogP contribution in [0.25, 0.3) is 0 Å². The minimum Gasteiger partial charge on any atom is -0.463 e. The van der Waals surface area contributed by atoms with E-state index < -0.39 is 12.4 Å². The van der Waals surface area contributed by atoms with E-state index >= 15 is 0 Å². The number of esters is 1. The number of epoxide rings is 1. The van der Waals surface area contributed by atoms with Crippen molar-refractivity contribution in [2.45, 2.75) is 90.1 Å². The van der Waals surface area contributed by atoms with Gasteiger partial charge in [-0.3, -0.25) is 4.79 Å². The fourth-order valence-electron chi connectivity index (χ4n) is 2.40. The summed E-state index contributed by atoms with van der Waals surface area (Å²) in [6.07, 6.45) is 20.7. The van der Waals surface area contributed by atoms with Crippen LogP contribution in [0.1, 0.15) is 85.3 Å². The van der Waals surface area contributed by atoms with Crippen LogP contribution in [0.5, 0.6) is 0 Å². The van der Waals surface area contributed by atoms with Crippen molar-refractivity contribution in [2.24, 2.45) is 0 Å². The second kappa shape index (κ2) is 15.4. The summed E-state index contributed by atoms with van der Waals surface area (Å²) in [7, 11) is 0. The Labute approximate surface area is 149 Å². The van der Waals surface area contributed by atoms with Gasteiger partial charge in [0.2, 0.25) is 0 Å². The first-order valence-corrected chi connectivity index (χ1v) is 9.74. The third-order valence-electron chi connectivity index (χ3n) is 4.03. The molecule has 0 aliphatic carbocycles. The molecule has 0 aromatic heterocycles. The molecule has 3 nitrogen and oxygen atoms in total. The molecule has 0 bridgehead atoms. The zero-order chi connectivity index (χ0) is 18.2. The molecule has 1 aliphatic heterocycles. The molecule has 0 radical (unpaired) electrons. The molecule has 0 N–H and O–H groups in total. The molecule has 138 valence electrons. The second-order valence-corrected chi connectivity index (χ2v) is 6.46. The molecule has 2 atom stereocenters. The van der Waals surface area contributed by atoms with Crippen molar-refractivity contribution in [3.8, 4) is 0 Å². The standard InChI is InChI=1S/C21H36O3/c1-2-3-4-5-6-7-8-9-10-11-12-13-14-15-16-17-21(22)24-19-20-18-23-20/h6-7,9-10,20H,2-5,8,11-19H2,1H3/b7-6-,10-9-/i17D. The van der Waals surface area contributed by atoms with Gasteiger partial charge in [0.05, 0.1) is 6.61 Å². The summed E-state index contributed by atoms with van der Waals surface area (Å²) >= 11 is 0. The highest BCUT2D eigenvalue weighted by atomic mass is 16.6. The molecule has 0 aromatic rings. The smallest absolute Gasteiger partial charge is 0.305 e. The maximum absolute atomic E-state index is 11.6. The Hall–Kier alpha value is -1.09. The molecule has 1 rings (SSSR count). The van der Waals surface area contributed by atoms with Crippen LogP contribution < -0.4 is 0 Å². The van der Waals surface area contributed by atoms with Gasteiger partial charge in [-0.2, -0.15) is 0 Å². The molecule has 0 spiro atoms. The average molecular weight is 338 g/mol. The van der Waals surface area contributed by atoms with Gasteiger partial charge in [0, 0.05) is 7.77 Å². The lowest BCUT2D eigenvalue weighted by molar-refractivity contribution is -0.144. The Morgan fingerprint density at radius 3 is 2.33 bits per heavy atom. The molecule has 1 aliphatic rings. The fraction of sp³-hybridized carbons (Fsp3) is 0.762. The highest BCUT2D eigenvalue weighted by Crippen LogP contribution is 2.11. The van der Waals surface area contributed by atoms with Crippen molar-refractivity contribution in [1.29, 1.82) is 0 Å². The molecule has 24 heavy (non-hydrogen) atoms. The van der Waals surface area contributed by atoms with E-state index in [1.54, 1.807) is 0 Å². The Balaban J connectivity index is 1.84. The number of unbranched alkanes of at least 4 members (excludes halogenated alkanes) is 7. The van der Waals surface area contributed by atoms with E-state index in [4.69, 9.17) is 10.8 Å². The summed E-state index contributed by atoms with van der Waals surface area (Å²) in [5, 5.41) is 0. The van der Waals surface area contributed by atoms with Crippen LogP contribution in [0.4, 0.5) is 0 Å². The van der Waals surface area contributed by atoms with Crippen molar-refractivity contribution >= 4 is 5.97 Å². The van der Waals surface area contributed by atoms with Crippen LogP contribution >= 0.6 is 0 Å². The number of rotatable bonds is 16. The SMILES string of the molecule is [2H]C(CCCCCC/C=C\C/C=C\CCCCC)C(=O)OCC1CO1. The molecule has 1 fully saturated rings. The summed E-state index contributed by atoms with van der Waals surface area (Å²) in [5.74, 6) is -0.402. The number of carbonyl (C=O) groups excluding carboxylic acids is 1. The number of carbonyl (C=O) groups is 1. The maximum Gasteiger partial charge on any atom is 0.305 e. The first-order valence-electron chi connectivity index (χ1n) is 10.3. The Kier molecular flexibility index (Phi) is 12.4. The number of allylic oxidation sites excluding steroid dienone is 4. The lowest BCUT2D eigenvalue weighted by atomic mass is 10.1. The lowest BCUT2D eigenvalue weighted by Crippen LogP contribution is -2.09. The Morgan fingerprint density at radius 2 is 1.67 bits per heavy atom. The van der Waals surface area contributed by atoms with E-state index in [0.717, 1.165) is 32.1 Å². The van der Waals surface area contributed by atoms with Crippen LogP contribution in [-0.2, 0) is 14.3 Å². The maximum atomic E-state index is 11.6. The molecule has 0 saturated carbocycles. The van der Waals surface area contributed by atoms with Crippen molar-refractivity contribution in [3.63, 3.8) is 0 Å². The Bertz CT molecular complexity index is 389. The van der Waals surface area contributed by atoms with Crippen molar-refractivity contribution in [2.75, 3.05) is 13.2 Å². The van der Waals surface area contributed by atoms with Gasteiger partial charge < -0.3 is 9.47 Å². The first-order chi connectivity index (χ1) is 12.2. The van der Waals surface area contributed by atoms with Crippen LogP contribution in [0.2, 0.25) is 0 Å². The van der Waals surface area contributed by atoms with Gasteiger partial charge in [0.25, 0.3) is 0 Å². The fourth-order valence-corrected chi connectivity index (χ4v) is 2.40. The summed E-state index contributed by atoms with van der Waals surface area (Å²) < 4.78 is 17.8. The van der Waals surface area contributed by atoms with Crippen LogP contribution in [0.15, 0.2) is 24.3 Å². The van der Waals surface area contributed by atoms with Crippen LogP contribution in [-0.4, -0.2) is 25.3 Å². The first kappa shape index (κ1) is 19.2. The predicted molar refractivity (Wildman–Crippen MR) is 100 cm³/mol. The normalized spacial score (nSPS) is 18.9. The van der Waals surface area contributed by atoms with E-state index in [1.807, 2.05) is 0 Å². The monoisotopic (exact) mass is 337 g/mol. The number of hydrogen-bond donors (Lipinski definition) is 0.